The summed E-state index contributed by atoms with van der Waals surface area (Å²) in [5.41, 5.74) is 0.0595. The van der Waals surface area contributed by atoms with Crippen molar-refractivity contribution < 1.29 is 14.7 Å². The quantitative estimate of drug-likeness (QED) is 0.897. The highest BCUT2D eigenvalue weighted by atomic mass is 32.2. The Balaban J connectivity index is 1.77. The van der Waals surface area contributed by atoms with Crippen LogP contribution in [0.15, 0.2) is 11.4 Å². The van der Waals surface area contributed by atoms with Crippen LogP contribution in [0.3, 0.4) is 0 Å². The lowest BCUT2D eigenvalue weighted by atomic mass is 9.76. The first-order valence-electron chi connectivity index (χ1n) is 6.36. The van der Waals surface area contributed by atoms with E-state index in [1.807, 2.05) is 11.4 Å². The van der Waals surface area contributed by atoms with Crippen LogP contribution < -0.4 is 5.32 Å². The van der Waals surface area contributed by atoms with Gasteiger partial charge in [0.1, 0.15) is 10.8 Å². The fourth-order valence-electron chi connectivity index (χ4n) is 2.59. The summed E-state index contributed by atoms with van der Waals surface area (Å²) in [4.78, 5) is 24.9. The van der Waals surface area contributed by atoms with Crippen molar-refractivity contribution in [3.63, 3.8) is 0 Å². The molecule has 0 radical (unpaired) electrons. The zero-order chi connectivity index (χ0) is 13.5. The maximum Gasteiger partial charge on any atom is 0.329 e. The van der Waals surface area contributed by atoms with E-state index in [-0.39, 0.29) is 11.2 Å². The standard InChI is InChI=1S/C13H15NO3S2/c15-11(14-13(12(16)17)4-1-5-13)10-8-2-6-18-9(8)3-7-19-10/h2,6,10H,1,3-5,7H2,(H,14,15)(H,16,17)/t10-/m0/s1. The molecule has 2 N–H and O–H groups in total. The lowest BCUT2D eigenvalue weighted by Gasteiger charge is -2.39. The predicted molar refractivity (Wildman–Crippen MR) is 75.6 cm³/mol. The number of aliphatic carboxylic acids is 1. The Labute approximate surface area is 119 Å². The average Bonchev–Trinajstić information content (AvgIpc) is 2.80. The summed E-state index contributed by atoms with van der Waals surface area (Å²) in [5.74, 6) is -0.129. The van der Waals surface area contributed by atoms with Gasteiger partial charge in [0.05, 0.1) is 0 Å². The minimum atomic E-state index is -1.01. The minimum Gasteiger partial charge on any atom is -0.480 e. The van der Waals surface area contributed by atoms with E-state index in [0.717, 1.165) is 24.2 Å². The zero-order valence-electron chi connectivity index (χ0n) is 10.3. The van der Waals surface area contributed by atoms with Crippen LogP contribution in [0.5, 0.6) is 0 Å². The Morgan fingerprint density at radius 2 is 2.21 bits per heavy atom. The number of rotatable bonds is 3. The van der Waals surface area contributed by atoms with E-state index in [1.165, 1.54) is 4.88 Å². The molecule has 1 saturated carbocycles. The van der Waals surface area contributed by atoms with E-state index in [9.17, 15) is 14.7 Å². The lowest BCUT2D eigenvalue weighted by molar-refractivity contribution is -0.151. The molecule has 1 amide bonds. The van der Waals surface area contributed by atoms with E-state index in [4.69, 9.17) is 0 Å². The van der Waals surface area contributed by atoms with Crippen LogP contribution >= 0.6 is 23.1 Å². The molecule has 1 aromatic rings. The van der Waals surface area contributed by atoms with Gasteiger partial charge in [-0.25, -0.2) is 4.79 Å². The molecule has 0 saturated heterocycles. The van der Waals surface area contributed by atoms with Crippen molar-refractivity contribution >= 4 is 35.0 Å². The highest BCUT2D eigenvalue weighted by Gasteiger charge is 2.47. The molecular formula is C13H15NO3S2. The van der Waals surface area contributed by atoms with Crippen molar-refractivity contribution in [1.29, 1.82) is 0 Å². The van der Waals surface area contributed by atoms with Gasteiger partial charge in [0.25, 0.3) is 0 Å². The van der Waals surface area contributed by atoms with Crippen molar-refractivity contribution in [2.45, 2.75) is 36.5 Å². The average molecular weight is 297 g/mol. The molecule has 0 spiro atoms. The van der Waals surface area contributed by atoms with Gasteiger partial charge in [-0.15, -0.1) is 23.1 Å². The topological polar surface area (TPSA) is 66.4 Å². The minimum absolute atomic E-state index is 0.147. The summed E-state index contributed by atoms with van der Waals surface area (Å²) in [6.45, 7) is 0. The summed E-state index contributed by atoms with van der Waals surface area (Å²) in [5, 5.41) is 13.8. The number of thiophene rings is 1. The fraction of sp³-hybridized carbons (Fsp3) is 0.538. The van der Waals surface area contributed by atoms with E-state index in [2.05, 4.69) is 5.32 Å². The van der Waals surface area contributed by atoms with E-state index < -0.39 is 11.5 Å². The number of fused-ring (bicyclic) bond motifs is 1. The van der Waals surface area contributed by atoms with Crippen LogP contribution in [0.4, 0.5) is 0 Å². The summed E-state index contributed by atoms with van der Waals surface area (Å²) in [6, 6.07) is 1.99. The molecule has 19 heavy (non-hydrogen) atoms. The van der Waals surface area contributed by atoms with Gasteiger partial charge in [-0.05, 0) is 48.4 Å². The summed E-state index contributed by atoms with van der Waals surface area (Å²) in [6.07, 6.45) is 2.96. The first kappa shape index (κ1) is 13.0. The number of carbonyl (C=O) groups is 2. The van der Waals surface area contributed by atoms with Crippen molar-refractivity contribution in [2.75, 3.05) is 5.75 Å². The Kier molecular flexibility index (Phi) is 3.30. The maximum atomic E-state index is 12.4. The second kappa shape index (κ2) is 4.83. The molecule has 102 valence electrons. The number of nitrogens with one attached hydrogen (secondary N) is 1. The summed E-state index contributed by atoms with van der Waals surface area (Å²) in [7, 11) is 0. The molecule has 6 heteroatoms. The molecule has 1 fully saturated rings. The van der Waals surface area contributed by atoms with Gasteiger partial charge in [0.15, 0.2) is 0 Å². The first-order valence-corrected chi connectivity index (χ1v) is 8.28. The van der Waals surface area contributed by atoms with Gasteiger partial charge in [0, 0.05) is 4.88 Å². The highest BCUT2D eigenvalue weighted by Crippen LogP contribution is 2.41. The Morgan fingerprint density at radius 3 is 2.84 bits per heavy atom. The van der Waals surface area contributed by atoms with Gasteiger partial charge in [-0.2, -0.15) is 0 Å². The number of hydrogen-bond donors (Lipinski definition) is 2. The molecule has 4 nitrogen and oxygen atoms in total. The third-order valence-corrected chi connectivity index (χ3v) is 6.13. The number of carboxylic acids is 1. The van der Waals surface area contributed by atoms with Crippen LogP contribution in [0.25, 0.3) is 0 Å². The monoisotopic (exact) mass is 297 g/mol. The summed E-state index contributed by atoms with van der Waals surface area (Å²) < 4.78 is 0. The van der Waals surface area contributed by atoms with Crippen molar-refractivity contribution in [2.24, 2.45) is 0 Å². The first-order chi connectivity index (χ1) is 9.12. The third-order valence-electron chi connectivity index (χ3n) is 3.89. The largest absolute Gasteiger partial charge is 0.480 e. The van der Waals surface area contributed by atoms with E-state index >= 15 is 0 Å². The molecule has 2 heterocycles. The molecule has 1 aliphatic heterocycles. The second-order valence-corrected chi connectivity index (χ2v) is 7.24. The number of amides is 1. The van der Waals surface area contributed by atoms with Crippen LogP contribution in [0.1, 0.15) is 35.0 Å². The normalized spacial score (nSPS) is 24.1. The van der Waals surface area contributed by atoms with Gasteiger partial charge in [-0.3, -0.25) is 4.79 Å². The molecule has 1 atom stereocenters. The van der Waals surface area contributed by atoms with Crippen molar-refractivity contribution in [3.05, 3.63) is 21.9 Å². The van der Waals surface area contributed by atoms with Crippen molar-refractivity contribution in [1.82, 2.24) is 5.32 Å². The second-order valence-electron chi connectivity index (χ2n) is 5.03. The van der Waals surface area contributed by atoms with Crippen LogP contribution in [0, 0.1) is 0 Å². The molecule has 3 rings (SSSR count). The molecular weight excluding hydrogens is 282 g/mol. The van der Waals surface area contributed by atoms with Crippen LogP contribution in [-0.4, -0.2) is 28.3 Å². The maximum absolute atomic E-state index is 12.4. The Hall–Kier alpha value is -1.01. The third kappa shape index (κ3) is 2.17. The Morgan fingerprint density at radius 1 is 1.42 bits per heavy atom. The molecule has 2 aliphatic rings. The molecule has 0 unspecified atom stereocenters. The van der Waals surface area contributed by atoms with Crippen LogP contribution in [-0.2, 0) is 16.0 Å². The van der Waals surface area contributed by atoms with Crippen LogP contribution in [0.2, 0.25) is 0 Å². The fourth-order valence-corrected chi connectivity index (χ4v) is 4.88. The summed E-state index contributed by atoms with van der Waals surface area (Å²) >= 11 is 3.29. The number of carboxylic acid groups (broad SMARTS) is 1. The number of aryl methyl sites for hydroxylation is 1. The van der Waals surface area contributed by atoms with Gasteiger partial charge in [0.2, 0.25) is 5.91 Å². The Bertz CT molecular complexity index is 522. The molecule has 0 aromatic carbocycles. The number of carbonyl (C=O) groups excluding carboxylic acids is 1. The van der Waals surface area contributed by atoms with Gasteiger partial charge < -0.3 is 10.4 Å². The number of hydrogen-bond acceptors (Lipinski definition) is 4. The zero-order valence-corrected chi connectivity index (χ0v) is 12.0. The molecule has 1 aliphatic carbocycles. The SMILES string of the molecule is O=C(NC1(C(=O)O)CCC1)[C@H]1SCCc2sccc21. The predicted octanol–water partition coefficient (Wildman–Crippen LogP) is 2.20. The van der Waals surface area contributed by atoms with Gasteiger partial charge in [-0.1, -0.05) is 0 Å². The molecule has 1 aromatic heterocycles. The number of thioether (sulfide) groups is 1. The van der Waals surface area contributed by atoms with E-state index in [1.54, 1.807) is 23.1 Å². The highest BCUT2D eigenvalue weighted by molar-refractivity contribution is 8.00. The van der Waals surface area contributed by atoms with Gasteiger partial charge >= 0.3 is 5.97 Å². The van der Waals surface area contributed by atoms with E-state index in [0.29, 0.717) is 12.8 Å². The smallest absolute Gasteiger partial charge is 0.329 e. The molecule has 0 bridgehead atoms. The van der Waals surface area contributed by atoms with Crippen molar-refractivity contribution in [3.8, 4) is 0 Å². The lowest BCUT2D eigenvalue weighted by Crippen LogP contribution is -2.59.